The Hall–Kier alpha value is -0.820. The molecular formula is C16H21Cl2NO4S. The second-order valence-electron chi connectivity index (χ2n) is 6.58. The van der Waals surface area contributed by atoms with E-state index in [1.807, 2.05) is 20.8 Å². The van der Waals surface area contributed by atoms with Gasteiger partial charge in [-0.3, -0.25) is 4.79 Å². The molecule has 1 saturated heterocycles. The lowest BCUT2D eigenvalue weighted by Crippen LogP contribution is -2.58. The zero-order valence-electron chi connectivity index (χ0n) is 13.9. The molecule has 5 nitrogen and oxygen atoms in total. The molecule has 2 rings (SSSR count). The summed E-state index contributed by atoms with van der Waals surface area (Å²) in [5, 5.41) is 0.461. The minimum atomic E-state index is -3.61. The van der Waals surface area contributed by atoms with Crippen molar-refractivity contribution in [2.75, 3.05) is 18.9 Å². The molecule has 1 heterocycles. The fourth-order valence-electron chi connectivity index (χ4n) is 2.57. The normalized spacial score (nSPS) is 20.9. The molecule has 0 aliphatic carbocycles. The molecular weight excluding hydrogens is 373 g/mol. The Kier molecular flexibility index (Phi) is 5.85. The van der Waals surface area contributed by atoms with E-state index in [9.17, 15) is 13.2 Å². The molecule has 134 valence electrons. The van der Waals surface area contributed by atoms with Gasteiger partial charge in [-0.2, -0.15) is 0 Å². The first-order valence-electron chi connectivity index (χ1n) is 7.63. The Bertz CT molecular complexity index is 734. The molecule has 1 amide bonds. The van der Waals surface area contributed by atoms with Crippen molar-refractivity contribution in [2.45, 2.75) is 43.7 Å². The van der Waals surface area contributed by atoms with Crippen LogP contribution in [-0.4, -0.2) is 49.8 Å². The number of carbonyl (C=O) groups excluding carboxylic acids is 1. The smallest absolute Gasteiger partial charge is 0.224 e. The van der Waals surface area contributed by atoms with Crippen LogP contribution in [-0.2, 0) is 19.4 Å². The lowest BCUT2D eigenvalue weighted by molar-refractivity contribution is -0.152. The van der Waals surface area contributed by atoms with Gasteiger partial charge in [0.2, 0.25) is 5.91 Å². The number of ether oxygens (including phenoxy) is 1. The van der Waals surface area contributed by atoms with Crippen LogP contribution >= 0.6 is 23.2 Å². The number of amides is 1. The second kappa shape index (κ2) is 7.20. The van der Waals surface area contributed by atoms with Crippen molar-refractivity contribution in [2.24, 2.45) is 0 Å². The first-order valence-corrected chi connectivity index (χ1v) is 10.0. The van der Waals surface area contributed by atoms with Crippen LogP contribution in [0, 0.1) is 0 Å². The van der Waals surface area contributed by atoms with E-state index in [-0.39, 0.29) is 39.1 Å². The van der Waals surface area contributed by atoms with Crippen molar-refractivity contribution in [3.63, 3.8) is 0 Å². The molecule has 0 aromatic heterocycles. The highest BCUT2D eigenvalue weighted by Crippen LogP contribution is 2.26. The fourth-order valence-corrected chi connectivity index (χ4v) is 4.18. The van der Waals surface area contributed by atoms with E-state index in [4.69, 9.17) is 27.9 Å². The third-order valence-corrected chi connectivity index (χ3v) is 6.48. The molecule has 0 bridgehead atoms. The zero-order valence-corrected chi connectivity index (χ0v) is 16.2. The van der Waals surface area contributed by atoms with E-state index in [2.05, 4.69) is 0 Å². The van der Waals surface area contributed by atoms with Gasteiger partial charge in [-0.1, -0.05) is 23.2 Å². The van der Waals surface area contributed by atoms with Gasteiger partial charge in [-0.15, -0.1) is 0 Å². The van der Waals surface area contributed by atoms with Gasteiger partial charge in [0, 0.05) is 13.0 Å². The number of carbonyl (C=O) groups is 1. The van der Waals surface area contributed by atoms with Crippen molar-refractivity contribution in [3.05, 3.63) is 28.2 Å². The number of halogens is 2. The largest absolute Gasteiger partial charge is 0.374 e. The maximum atomic E-state index is 12.5. The fraction of sp³-hybridized carbons (Fsp3) is 0.562. The van der Waals surface area contributed by atoms with Gasteiger partial charge in [0.05, 0.1) is 38.9 Å². The Morgan fingerprint density at radius 2 is 2.00 bits per heavy atom. The maximum Gasteiger partial charge on any atom is 0.224 e. The number of hydrogen-bond donors (Lipinski definition) is 0. The SMILES string of the molecule is CC1CN(C(=O)CCS(=O)(=O)c2ccc(Cl)c(Cl)c2)C(C)(C)CO1. The molecule has 1 aromatic carbocycles. The molecule has 0 spiro atoms. The minimum Gasteiger partial charge on any atom is -0.374 e. The maximum absolute atomic E-state index is 12.5. The highest BCUT2D eigenvalue weighted by atomic mass is 35.5. The average Bonchev–Trinajstić information content (AvgIpc) is 2.50. The molecule has 0 N–H and O–H groups in total. The van der Waals surface area contributed by atoms with E-state index < -0.39 is 15.4 Å². The van der Waals surface area contributed by atoms with Gasteiger partial charge < -0.3 is 9.64 Å². The number of nitrogens with zero attached hydrogens (tertiary/aromatic N) is 1. The second-order valence-corrected chi connectivity index (χ2v) is 9.51. The van der Waals surface area contributed by atoms with E-state index in [0.29, 0.717) is 13.2 Å². The van der Waals surface area contributed by atoms with Gasteiger partial charge in [0.1, 0.15) is 0 Å². The molecule has 1 aromatic rings. The summed E-state index contributed by atoms with van der Waals surface area (Å²) in [7, 11) is -3.61. The quantitative estimate of drug-likeness (QED) is 0.787. The number of hydrogen-bond acceptors (Lipinski definition) is 4. The van der Waals surface area contributed by atoms with Crippen LogP contribution in [0.15, 0.2) is 23.1 Å². The summed E-state index contributed by atoms with van der Waals surface area (Å²) in [5.74, 6) is -0.468. The van der Waals surface area contributed by atoms with Gasteiger partial charge in [0.25, 0.3) is 0 Å². The predicted octanol–water partition coefficient (Wildman–Crippen LogP) is 3.18. The molecule has 24 heavy (non-hydrogen) atoms. The number of morpholine rings is 1. The van der Waals surface area contributed by atoms with Gasteiger partial charge in [-0.05, 0) is 39.0 Å². The standard InChI is InChI=1S/C16H21Cl2NO4S/c1-11-9-19(16(2,3)10-23-11)15(20)6-7-24(21,22)12-4-5-13(17)14(18)8-12/h4-5,8,11H,6-7,9-10H2,1-3H3. The summed E-state index contributed by atoms with van der Waals surface area (Å²) >= 11 is 11.7. The number of benzene rings is 1. The van der Waals surface area contributed by atoms with Crippen LogP contribution in [0.5, 0.6) is 0 Å². The molecule has 1 unspecified atom stereocenters. The van der Waals surface area contributed by atoms with Crippen LogP contribution in [0.3, 0.4) is 0 Å². The van der Waals surface area contributed by atoms with Gasteiger partial charge in [-0.25, -0.2) is 8.42 Å². The summed E-state index contributed by atoms with van der Waals surface area (Å²) in [6.45, 7) is 6.59. The van der Waals surface area contributed by atoms with Crippen molar-refractivity contribution in [3.8, 4) is 0 Å². The van der Waals surface area contributed by atoms with E-state index in [1.54, 1.807) is 4.90 Å². The average molecular weight is 394 g/mol. The van der Waals surface area contributed by atoms with Gasteiger partial charge >= 0.3 is 0 Å². The van der Waals surface area contributed by atoms with Crippen molar-refractivity contribution >= 4 is 38.9 Å². The van der Waals surface area contributed by atoms with Crippen LogP contribution in [0.4, 0.5) is 0 Å². The Labute approximate surface area is 152 Å². The summed E-state index contributed by atoms with van der Waals surface area (Å²) in [5.41, 5.74) is -0.447. The van der Waals surface area contributed by atoms with Crippen molar-refractivity contribution < 1.29 is 17.9 Å². The lowest BCUT2D eigenvalue weighted by atomic mass is 10.0. The predicted molar refractivity (Wildman–Crippen MR) is 94.3 cm³/mol. The number of sulfone groups is 1. The summed E-state index contributed by atoms with van der Waals surface area (Å²) in [4.78, 5) is 14.3. The van der Waals surface area contributed by atoms with Crippen molar-refractivity contribution in [1.29, 1.82) is 0 Å². The summed E-state index contributed by atoms with van der Waals surface area (Å²) in [6.07, 6.45) is -0.146. The first-order chi connectivity index (χ1) is 11.0. The third kappa shape index (κ3) is 4.42. The van der Waals surface area contributed by atoms with E-state index in [0.717, 1.165) is 0 Å². The lowest BCUT2D eigenvalue weighted by Gasteiger charge is -2.44. The Morgan fingerprint density at radius 1 is 1.33 bits per heavy atom. The van der Waals surface area contributed by atoms with Crippen molar-refractivity contribution in [1.82, 2.24) is 4.90 Å². The minimum absolute atomic E-state index is 0.0614. The van der Waals surface area contributed by atoms with Crippen LogP contribution in [0.1, 0.15) is 27.2 Å². The summed E-state index contributed by atoms with van der Waals surface area (Å²) < 4.78 is 30.4. The molecule has 0 saturated carbocycles. The first kappa shape index (κ1) is 19.5. The molecule has 1 aliphatic heterocycles. The monoisotopic (exact) mass is 393 g/mol. The van der Waals surface area contributed by atoms with Crippen LogP contribution in [0.25, 0.3) is 0 Å². The molecule has 0 radical (unpaired) electrons. The van der Waals surface area contributed by atoms with Gasteiger partial charge in [0.15, 0.2) is 9.84 Å². The van der Waals surface area contributed by atoms with E-state index >= 15 is 0 Å². The Balaban J connectivity index is 2.08. The number of rotatable bonds is 4. The molecule has 1 aliphatic rings. The summed E-state index contributed by atoms with van der Waals surface area (Å²) in [6, 6.07) is 4.14. The highest BCUT2D eigenvalue weighted by molar-refractivity contribution is 7.91. The Morgan fingerprint density at radius 3 is 2.62 bits per heavy atom. The molecule has 1 atom stereocenters. The third-order valence-electron chi connectivity index (χ3n) is 4.03. The van der Waals surface area contributed by atoms with E-state index in [1.165, 1.54) is 18.2 Å². The van der Waals surface area contributed by atoms with Crippen LogP contribution < -0.4 is 0 Å². The van der Waals surface area contributed by atoms with Crippen LogP contribution in [0.2, 0.25) is 10.0 Å². The zero-order chi connectivity index (χ0) is 18.1. The topological polar surface area (TPSA) is 63.7 Å². The highest BCUT2D eigenvalue weighted by Gasteiger charge is 2.36. The molecule has 1 fully saturated rings. The molecule has 8 heteroatoms.